The van der Waals surface area contributed by atoms with Crippen LogP contribution in [-0.2, 0) is 10.0 Å². The van der Waals surface area contributed by atoms with Crippen molar-refractivity contribution < 1.29 is 8.42 Å². The number of sulfonamides is 1. The first kappa shape index (κ1) is 14.3. The van der Waals surface area contributed by atoms with Crippen molar-refractivity contribution in [2.24, 2.45) is 0 Å². The third-order valence-electron chi connectivity index (χ3n) is 2.24. The molecule has 7 heteroatoms. The monoisotopic (exact) mass is 457 g/mol. The van der Waals surface area contributed by atoms with E-state index in [9.17, 15) is 8.42 Å². The van der Waals surface area contributed by atoms with Crippen molar-refractivity contribution in [2.45, 2.75) is 11.1 Å². The zero-order valence-electron chi connectivity index (χ0n) is 9.28. The van der Waals surface area contributed by atoms with Crippen LogP contribution in [0.25, 0.3) is 0 Å². The van der Waals surface area contributed by atoms with Crippen molar-refractivity contribution in [1.82, 2.24) is 0 Å². The van der Waals surface area contributed by atoms with Gasteiger partial charge in [0.25, 0.3) is 10.0 Å². The standard InChI is InChI=1S/C11H9BrINO2S2/c1-7-2-3-8(6-9(7)13)14-18(15,16)11-5-4-10(12)17-11/h2-6,14H,1H3. The lowest BCUT2D eigenvalue weighted by Crippen LogP contribution is -2.11. The minimum Gasteiger partial charge on any atom is -0.279 e. The molecule has 0 saturated heterocycles. The predicted molar refractivity (Wildman–Crippen MR) is 86.7 cm³/mol. The molecule has 1 N–H and O–H groups in total. The van der Waals surface area contributed by atoms with Gasteiger partial charge in [0.15, 0.2) is 0 Å². The molecule has 0 spiro atoms. The number of benzene rings is 1. The highest BCUT2D eigenvalue weighted by Crippen LogP contribution is 2.28. The van der Waals surface area contributed by atoms with Crippen LogP contribution < -0.4 is 4.72 Å². The van der Waals surface area contributed by atoms with E-state index in [1.165, 1.54) is 11.3 Å². The van der Waals surface area contributed by atoms with Gasteiger partial charge in [0.2, 0.25) is 0 Å². The fraction of sp³-hybridized carbons (Fsp3) is 0.0909. The number of anilines is 1. The molecule has 0 bridgehead atoms. The van der Waals surface area contributed by atoms with Gasteiger partial charge >= 0.3 is 0 Å². The predicted octanol–water partition coefficient (Wildman–Crippen LogP) is 4.22. The Morgan fingerprint density at radius 2 is 2.00 bits per heavy atom. The summed E-state index contributed by atoms with van der Waals surface area (Å²) in [6.45, 7) is 1.98. The second-order valence-corrected chi connectivity index (χ2v) is 9.16. The van der Waals surface area contributed by atoms with Gasteiger partial charge in [-0.15, -0.1) is 11.3 Å². The van der Waals surface area contributed by atoms with Gasteiger partial charge in [-0.25, -0.2) is 8.42 Å². The third-order valence-corrected chi connectivity index (χ3v) is 6.90. The van der Waals surface area contributed by atoms with Gasteiger partial charge in [-0.2, -0.15) is 0 Å². The Hall–Kier alpha value is -0.120. The maximum atomic E-state index is 12.1. The van der Waals surface area contributed by atoms with Gasteiger partial charge in [0, 0.05) is 9.26 Å². The summed E-state index contributed by atoms with van der Waals surface area (Å²) in [6, 6.07) is 8.77. The van der Waals surface area contributed by atoms with Gasteiger partial charge in [-0.05, 0) is 75.3 Å². The Balaban J connectivity index is 2.30. The van der Waals surface area contributed by atoms with Crippen LogP contribution in [0.4, 0.5) is 5.69 Å². The van der Waals surface area contributed by atoms with E-state index in [-0.39, 0.29) is 0 Å². The molecule has 0 aliphatic carbocycles. The second kappa shape index (κ2) is 5.48. The van der Waals surface area contributed by atoms with E-state index in [0.29, 0.717) is 9.90 Å². The van der Waals surface area contributed by atoms with E-state index in [0.717, 1.165) is 12.9 Å². The molecule has 0 aliphatic rings. The zero-order chi connectivity index (χ0) is 13.3. The number of thiophene rings is 1. The summed E-state index contributed by atoms with van der Waals surface area (Å²) in [4.78, 5) is 0. The van der Waals surface area contributed by atoms with Crippen LogP contribution in [0.3, 0.4) is 0 Å². The van der Waals surface area contributed by atoms with Crippen molar-refractivity contribution in [3.63, 3.8) is 0 Å². The molecule has 0 amide bonds. The maximum absolute atomic E-state index is 12.1. The molecule has 0 radical (unpaired) electrons. The molecule has 18 heavy (non-hydrogen) atoms. The summed E-state index contributed by atoms with van der Waals surface area (Å²) < 4.78 is 28.9. The Morgan fingerprint density at radius 3 is 2.56 bits per heavy atom. The Morgan fingerprint density at radius 1 is 1.28 bits per heavy atom. The number of aryl methyl sites for hydroxylation is 1. The summed E-state index contributed by atoms with van der Waals surface area (Å²) in [5.74, 6) is 0. The minimum absolute atomic E-state index is 0.296. The molecule has 0 aliphatic heterocycles. The van der Waals surface area contributed by atoms with Crippen LogP contribution in [0.2, 0.25) is 0 Å². The lowest BCUT2D eigenvalue weighted by Gasteiger charge is -2.07. The zero-order valence-corrected chi connectivity index (χ0v) is 14.7. The van der Waals surface area contributed by atoms with Crippen LogP contribution in [0.1, 0.15) is 5.56 Å². The van der Waals surface area contributed by atoms with E-state index in [2.05, 4.69) is 43.2 Å². The first-order valence-corrected chi connectivity index (χ1v) is 9.10. The van der Waals surface area contributed by atoms with Crippen molar-refractivity contribution in [3.8, 4) is 0 Å². The fourth-order valence-electron chi connectivity index (χ4n) is 1.30. The Bertz CT molecular complexity index is 682. The number of nitrogens with one attached hydrogen (secondary N) is 1. The largest absolute Gasteiger partial charge is 0.279 e. The van der Waals surface area contributed by atoms with Gasteiger partial charge in [0.1, 0.15) is 4.21 Å². The van der Waals surface area contributed by atoms with E-state index < -0.39 is 10.0 Å². The normalized spacial score (nSPS) is 11.5. The molecule has 2 rings (SSSR count). The average molecular weight is 458 g/mol. The average Bonchev–Trinajstić information content (AvgIpc) is 2.71. The molecule has 0 saturated carbocycles. The van der Waals surface area contributed by atoms with Crippen molar-refractivity contribution in [2.75, 3.05) is 4.72 Å². The molecule has 3 nitrogen and oxygen atoms in total. The molecule has 0 fully saturated rings. The molecule has 96 valence electrons. The van der Waals surface area contributed by atoms with E-state index in [1.807, 2.05) is 19.1 Å². The quantitative estimate of drug-likeness (QED) is 0.701. The molecule has 1 aromatic carbocycles. The van der Waals surface area contributed by atoms with E-state index in [4.69, 9.17) is 0 Å². The molecule has 0 atom stereocenters. The molecule has 1 heterocycles. The highest BCUT2D eigenvalue weighted by Gasteiger charge is 2.16. The van der Waals surface area contributed by atoms with Crippen molar-refractivity contribution in [3.05, 3.63) is 43.3 Å². The van der Waals surface area contributed by atoms with Crippen LogP contribution in [0, 0.1) is 10.5 Å². The topological polar surface area (TPSA) is 46.2 Å². The molecular weight excluding hydrogens is 449 g/mol. The van der Waals surface area contributed by atoms with Gasteiger partial charge in [-0.3, -0.25) is 4.72 Å². The van der Waals surface area contributed by atoms with Crippen molar-refractivity contribution in [1.29, 1.82) is 0 Å². The highest BCUT2D eigenvalue weighted by atomic mass is 127. The third kappa shape index (κ3) is 3.25. The van der Waals surface area contributed by atoms with Gasteiger partial charge < -0.3 is 0 Å². The lowest BCUT2D eigenvalue weighted by molar-refractivity contribution is 0.603. The van der Waals surface area contributed by atoms with Crippen LogP contribution in [-0.4, -0.2) is 8.42 Å². The molecule has 2 aromatic rings. The number of halogens is 2. The number of hydrogen-bond donors (Lipinski definition) is 1. The van der Waals surface area contributed by atoms with Crippen LogP contribution >= 0.6 is 49.9 Å². The maximum Gasteiger partial charge on any atom is 0.271 e. The van der Waals surface area contributed by atoms with E-state index >= 15 is 0 Å². The summed E-state index contributed by atoms with van der Waals surface area (Å²) in [5.41, 5.74) is 1.70. The summed E-state index contributed by atoms with van der Waals surface area (Å²) in [6.07, 6.45) is 0. The fourth-order valence-corrected chi connectivity index (χ4v) is 4.88. The molecule has 1 aromatic heterocycles. The van der Waals surface area contributed by atoms with Crippen molar-refractivity contribution >= 4 is 65.6 Å². The molecular formula is C11H9BrINO2S2. The second-order valence-electron chi connectivity index (χ2n) is 3.63. The lowest BCUT2D eigenvalue weighted by atomic mass is 10.2. The SMILES string of the molecule is Cc1ccc(NS(=O)(=O)c2ccc(Br)s2)cc1I. The Kier molecular flexibility index (Phi) is 4.35. The van der Waals surface area contributed by atoms with E-state index in [1.54, 1.807) is 18.2 Å². The number of rotatable bonds is 3. The van der Waals surface area contributed by atoms with Gasteiger partial charge in [-0.1, -0.05) is 6.07 Å². The summed E-state index contributed by atoms with van der Waals surface area (Å²) >= 11 is 6.62. The van der Waals surface area contributed by atoms with Crippen LogP contribution in [0.15, 0.2) is 38.3 Å². The highest BCUT2D eigenvalue weighted by molar-refractivity contribution is 14.1. The Labute approximate surface area is 132 Å². The number of hydrogen-bond acceptors (Lipinski definition) is 3. The van der Waals surface area contributed by atoms with Crippen LogP contribution in [0.5, 0.6) is 0 Å². The summed E-state index contributed by atoms with van der Waals surface area (Å²) in [5, 5.41) is 0. The first-order valence-electron chi connectivity index (χ1n) is 4.93. The minimum atomic E-state index is -3.49. The van der Waals surface area contributed by atoms with Gasteiger partial charge in [0.05, 0.1) is 3.79 Å². The molecule has 0 unspecified atom stereocenters. The first-order chi connectivity index (χ1) is 8.38. The smallest absolute Gasteiger partial charge is 0.271 e. The summed E-state index contributed by atoms with van der Waals surface area (Å²) in [7, 11) is -3.49.